The number of halogens is 1. The molecule has 1 aliphatic rings. The van der Waals surface area contributed by atoms with Crippen molar-refractivity contribution >= 4 is 27.5 Å². The molecule has 0 bridgehead atoms. The fraction of sp³-hybridized carbons (Fsp3) is 0.417. The van der Waals surface area contributed by atoms with E-state index in [4.69, 9.17) is 16.3 Å². The number of benzene rings is 1. The first-order valence-corrected chi connectivity index (χ1v) is 7.87. The van der Waals surface area contributed by atoms with Crippen LogP contribution in [0.5, 0.6) is 5.75 Å². The minimum absolute atomic E-state index is 0.0257. The van der Waals surface area contributed by atoms with Gasteiger partial charge in [-0.2, -0.15) is 4.31 Å². The van der Waals surface area contributed by atoms with Gasteiger partial charge in [0.25, 0.3) is 0 Å². The molecule has 8 heteroatoms. The van der Waals surface area contributed by atoms with Crippen LogP contribution in [-0.4, -0.2) is 45.4 Å². The fourth-order valence-corrected chi connectivity index (χ4v) is 3.83. The van der Waals surface area contributed by atoms with Crippen molar-refractivity contribution in [1.29, 1.82) is 0 Å². The number of rotatable bonds is 3. The molecule has 1 aromatic rings. The van der Waals surface area contributed by atoms with E-state index in [9.17, 15) is 13.2 Å². The Morgan fingerprint density at radius 2 is 2.15 bits per heavy atom. The van der Waals surface area contributed by atoms with Gasteiger partial charge >= 0.3 is 0 Å². The second-order valence-corrected chi connectivity index (χ2v) is 6.68. The SMILES string of the molecule is COc1ccc(Cl)cc1S(=O)(=O)N1CCCNC(=O)C1. The third kappa shape index (κ3) is 3.05. The quantitative estimate of drug-likeness (QED) is 0.897. The summed E-state index contributed by atoms with van der Waals surface area (Å²) in [5.74, 6) is -0.105. The molecule has 20 heavy (non-hydrogen) atoms. The van der Waals surface area contributed by atoms with E-state index in [1.807, 2.05) is 0 Å². The Labute approximate surface area is 122 Å². The number of ether oxygens (including phenoxy) is 1. The molecule has 1 saturated heterocycles. The molecule has 0 unspecified atom stereocenters. The number of carbonyl (C=O) groups is 1. The standard InChI is InChI=1S/C12H15ClN2O4S/c1-19-10-4-3-9(13)7-11(10)20(17,18)15-6-2-5-14-12(16)8-15/h3-4,7H,2,5-6,8H2,1H3,(H,14,16). The highest BCUT2D eigenvalue weighted by Gasteiger charge is 2.30. The summed E-state index contributed by atoms with van der Waals surface area (Å²) in [5.41, 5.74) is 0. The van der Waals surface area contributed by atoms with Gasteiger partial charge in [-0.1, -0.05) is 11.6 Å². The molecule has 0 radical (unpaired) electrons. The fourth-order valence-electron chi connectivity index (χ4n) is 1.97. The average Bonchev–Trinajstić information content (AvgIpc) is 2.64. The van der Waals surface area contributed by atoms with Crippen LogP contribution in [-0.2, 0) is 14.8 Å². The molecule has 0 aromatic heterocycles. The Balaban J connectivity index is 2.43. The van der Waals surface area contributed by atoms with Crippen molar-refractivity contribution in [2.45, 2.75) is 11.3 Å². The number of carbonyl (C=O) groups excluding carboxylic acids is 1. The maximum Gasteiger partial charge on any atom is 0.247 e. The van der Waals surface area contributed by atoms with Crippen LogP contribution in [0.1, 0.15) is 6.42 Å². The molecule has 110 valence electrons. The molecule has 1 fully saturated rings. The van der Waals surface area contributed by atoms with E-state index in [0.717, 1.165) is 4.31 Å². The van der Waals surface area contributed by atoms with Crippen LogP contribution in [0.2, 0.25) is 5.02 Å². The number of methoxy groups -OCH3 is 1. The second kappa shape index (κ2) is 5.99. The maximum absolute atomic E-state index is 12.6. The van der Waals surface area contributed by atoms with Crippen LogP contribution in [0.3, 0.4) is 0 Å². The molecule has 1 amide bonds. The summed E-state index contributed by atoms with van der Waals surface area (Å²) in [6.07, 6.45) is 0.563. The summed E-state index contributed by atoms with van der Waals surface area (Å²) >= 11 is 5.86. The molecule has 0 atom stereocenters. The van der Waals surface area contributed by atoms with Crippen molar-refractivity contribution < 1.29 is 17.9 Å². The van der Waals surface area contributed by atoms with E-state index in [1.165, 1.54) is 19.2 Å². The highest BCUT2D eigenvalue weighted by atomic mass is 35.5. The Bertz CT molecular complexity index is 618. The van der Waals surface area contributed by atoms with Crippen molar-refractivity contribution in [2.24, 2.45) is 0 Å². The molecule has 2 rings (SSSR count). The predicted octanol–water partition coefficient (Wildman–Crippen LogP) is 0.859. The van der Waals surface area contributed by atoms with Crippen LogP contribution < -0.4 is 10.1 Å². The molecular formula is C12H15ClN2O4S. The highest BCUT2D eigenvalue weighted by molar-refractivity contribution is 7.89. The molecule has 6 nitrogen and oxygen atoms in total. The van der Waals surface area contributed by atoms with E-state index in [0.29, 0.717) is 18.0 Å². The Kier molecular flexibility index (Phi) is 4.52. The first kappa shape index (κ1) is 15.1. The molecule has 1 heterocycles. The van der Waals surface area contributed by atoms with Gasteiger partial charge in [-0.25, -0.2) is 8.42 Å². The summed E-state index contributed by atoms with van der Waals surface area (Å²) in [6, 6.07) is 4.38. The van der Waals surface area contributed by atoms with Crippen molar-refractivity contribution in [1.82, 2.24) is 9.62 Å². The van der Waals surface area contributed by atoms with E-state index in [-0.39, 0.29) is 29.6 Å². The number of nitrogens with zero attached hydrogens (tertiary/aromatic N) is 1. The third-order valence-corrected chi connectivity index (χ3v) is 5.07. The third-order valence-electron chi connectivity index (χ3n) is 2.97. The summed E-state index contributed by atoms with van der Waals surface area (Å²) in [6.45, 7) is 0.548. The van der Waals surface area contributed by atoms with Gasteiger partial charge in [0.1, 0.15) is 10.6 Å². The molecule has 1 aromatic carbocycles. The first-order chi connectivity index (χ1) is 9.45. The monoisotopic (exact) mass is 318 g/mol. The zero-order valence-electron chi connectivity index (χ0n) is 10.9. The van der Waals surface area contributed by atoms with Crippen molar-refractivity contribution in [3.63, 3.8) is 0 Å². The van der Waals surface area contributed by atoms with Crippen molar-refractivity contribution in [3.8, 4) is 5.75 Å². The smallest absolute Gasteiger partial charge is 0.247 e. The summed E-state index contributed by atoms with van der Waals surface area (Å²) < 4.78 is 31.5. The van der Waals surface area contributed by atoms with Crippen molar-refractivity contribution in [3.05, 3.63) is 23.2 Å². The zero-order valence-corrected chi connectivity index (χ0v) is 12.5. The number of sulfonamides is 1. The lowest BCUT2D eigenvalue weighted by molar-refractivity contribution is -0.120. The molecule has 1 aliphatic heterocycles. The van der Waals surface area contributed by atoms with Crippen LogP contribution >= 0.6 is 11.6 Å². The Morgan fingerprint density at radius 1 is 1.40 bits per heavy atom. The zero-order chi connectivity index (χ0) is 14.8. The van der Waals surface area contributed by atoms with E-state index in [2.05, 4.69) is 5.32 Å². The first-order valence-electron chi connectivity index (χ1n) is 6.05. The summed E-state index contributed by atoms with van der Waals surface area (Å²) in [5, 5.41) is 2.93. The molecule has 0 aliphatic carbocycles. The largest absolute Gasteiger partial charge is 0.495 e. The number of hydrogen-bond acceptors (Lipinski definition) is 4. The number of nitrogens with one attached hydrogen (secondary N) is 1. The van der Waals surface area contributed by atoms with Gasteiger partial charge in [0.15, 0.2) is 0 Å². The van der Waals surface area contributed by atoms with Gasteiger partial charge in [-0.05, 0) is 24.6 Å². The molecule has 0 saturated carbocycles. The average molecular weight is 319 g/mol. The lowest BCUT2D eigenvalue weighted by Crippen LogP contribution is -2.37. The number of amides is 1. The van der Waals surface area contributed by atoms with Gasteiger partial charge in [0.05, 0.1) is 13.7 Å². The molecule has 0 spiro atoms. The van der Waals surface area contributed by atoms with E-state index < -0.39 is 10.0 Å². The molecular weight excluding hydrogens is 304 g/mol. The van der Waals surface area contributed by atoms with Gasteiger partial charge in [-0.3, -0.25) is 4.79 Å². The maximum atomic E-state index is 12.6. The van der Waals surface area contributed by atoms with Gasteiger partial charge < -0.3 is 10.1 Å². The minimum atomic E-state index is -3.82. The van der Waals surface area contributed by atoms with Gasteiger partial charge in [0.2, 0.25) is 15.9 Å². The van der Waals surface area contributed by atoms with E-state index >= 15 is 0 Å². The van der Waals surface area contributed by atoms with Gasteiger partial charge in [-0.15, -0.1) is 0 Å². The van der Waals surface area contributed by atoms with Gasteiger partial charge in [0, 0.05) is 18.1 Å². The summed E-state index contributed by atoms with van der Waals surface area (Å²) in [7, 11) is -2.43. The Hall–Kier alpha value is -1.31. The minimum Gasteiger partial charge on any atom is -0.495 e. The highest BCUT2D eigenvalue weighted by Crippen LogP contribution is 2.29. The topological polar surface area (TPSA) is 75.7 Å². The van der Waals surface area contributed by atoms with Crippen LogP contribution in [0, 0.1) is 0 Å². The lowest BCUT2D eigenvalue weighted by Gasteiger charge is -2.20. The Morgan fingerprint density at radius 3 is 2.85 bits per heavy atom. The van der Waals surface area contributed by atoms with Crippen LogP contribution in [0.15, 0.2) is 23.1 Å². The summed E-state index contributed by atoms with van der Waals surface area (Å²) in [4.78, 5) is 11.5. The second-order valence-electron chi connectivity index (χ2n) is 4.34. The van der Waals surface area contributed by atoms with Crippen LogP contribution in [0.4, 0.5) is 0 Å². The normalized spacial score (nSPS) is 17.4. The van der Waals surface area contributed by atoms with Crippen molar-refractivity contribution in [2.75, 3.05) is 26.7 Å². The molecule has 1 N–H and O–H groups in total. The predicted molar refractivity (Wildman–Crippen MR) is 74.4 cm³/mol. The van der Waals surface area contributed by atoms with Crippen LogP contribution in [0.25, 0.3) is 0 Å². The van der Waals surface area contributed by atoms with E-state index in [1.54, 1.807) is 6.07 Å². The lowest BCUT2D eigenvalue weighted by atomic mass is 10.3. The number of hydrogen-bond donors (Lipinski definition) is 1.